The first kappa shape index (κ1) is 17.2. The molecule has 24 heavy (non-hydrogen) atoms. The summed E-state index contributed by atoms with van der Waals surface area (Å²) in [4.78, 5) is 0. The van der Waals surface area contributed by atoms with Crippen molar-refractivity contribution in [1.29, 1.82) is 0 Å². The predicted octanol–water partition coefficient (Wildman–Crippen LogP) is 4.60. The highest BCUT2D eigenvalue weighted by Crippen LogP contribution is 2.50. The first-order chi connectivity index (χ1) is 11.7. The number of hydrogen-bond donors (Lipinski definition) is 1. The summed E-state index contributed by atoms with van der Waals surface area (Å²) >= 11 is 2.05. The van der Waals surface area contributed by atoms with E-state index < -0.39 is 0 Å². The molecule has 3 nitrogen and oxygen atoms in total. The third-order valence-corrected chi connectivity index (χ3v) is 6.45. The van der Waals surface area contributed by atoms with Crippen molar-refractivity contribution in [3.05, 3.63) is 59.7 Å². The molecule has 3 unspecified atom stereocenters. The largest absolute Gasteiger partial charge is 0.497 e. The molecule has 128 valence electrons. The van der Waals surface area contributed by atoms with E-state index in [1.807, 2.05) is 0 Å². The molecule has 0 saturated carbocycles. The van der Waals surface area contributed by atoms with E-state index in [-0.39, 0.29) is 0 Å². The van der Waals surface area contributed by atoms with Crippen molar-refractivity contribution in [2.45, 2.75) is 29.4 Å². The highest BCUT2D eigenvalue weighted by Gasteiger charge is 2.32. The average Bonchev–Trinajstić information content (AvgIpc) is 2.67. The molecule has 0 aromatic heterocycles. The van der Waals surface area contributed by atoms with Crippen molar-refractivity contribution in [2.75, 3.05) is 21.3 Å². The Bertz CT molecular complexity index is 642. The average molecular weight is 343 g/mol. The van der Waals surface area contributed by atoms with Gasteiger partial charge in [0.25, 0.3) is 0 Å². The van der Waals surface area contributed by atoms with Crippen molar-refractivity contribution in [2.24, 2.45) is 0 Å². The van der Waals surface area contributed by atoms with Gasteiger partial charge in [-0.2, -0.15) is 0 Å². The summed E-state index contributed by atoms with van der Waals surface area (Å²) in [6.07, 6.45) is 2.37. The third kappa shape index (κ3) is 3.70. The van der Waals surface area contributed by atoms with E-state index >= 15 is 0 Å². The van der Waals surface area contributed by atoms with E-state index in [4.69, 9.17) is 9.47 Å². The zero-order valence-corrected chi connectivity index (χ0v) is 15.3. The Morgan fingerprint density at radius 1 is 0.833 bits per heavy atom. The molecule has 4 heteroatoms. The molecule has 3 rings (SSSR count). The lowest BCUT2D eigenvalue weighted by atomic mass is 9.97. The van der Waals surface area contributed by atoms with Crippen LogP contribution in [0.2, 0.25) is 0 Å². The highest BCUT2D eigenvalue weighted by molar-refractivity contribution is 7.99. The van der Waals surface area contributed by atoms with Crippen LogP contribution in [0, 0.1) is 0 Å². The minimum absolute atomic E-state index is 0.446. The number of nitrogens with one attached hydrogen (secondary N) is 1. The van der Waals surface area contributed by atoms with Crippen LogP contribution in [0.15, 0.2) is 48.5 Å². The van der Waals surface area contributed by atoms with Crippen LogP contribution in [-0.2, 0) is 0 Å². The Labute approximate surface area is 148 Å². The summed E-state index contributed by atoms with van der Waals surface area (Å²) in [6.45, 7) is 0. The maximum absolute atomic E-state index is 5.29. The second-order valence-electron chi connectivity index (χ2n) is 6.06. The maximum atomic E-state index is 5.29. The SMILES string of the molecule is CNC1CCC(c2ccc(OC)cc2)SC1c1ccc(OC)cc1. The van der Waals surface area contributed by atoms with Gasteiger partial charge in [-0.15, -0.1) is 11.8 Å². The molecule has 0 bridgehead atoms. The van der Waals surface area contributed by atoms with Crippen molar-refractivity contribution >= 4 is 11.8 Å². The molecule has 1 N–H and O–H groups in total. The molecule has 0 spiro atoms. The number of methoxy groups -OCH3 is 2. The second-order valence-corrected chi connectivity index (χ2v) is 7.41. The molecule has 0 amide bonds. The van der Waals surface area contributed by atoms with E-state index in [1.54, 1.807) is 14.2 Å². The number of rotatable bonds is 5. The standard InChI is InChI=1S/C20H25NO2S/c1-21-18-12-13-19(14-4-8-16(22-2)9-5-14)24-20(18)15-6-10-17(23-3)11-7-15/h4-11,18-21H,12-13H2,1-3H3. The zero-order chi connectivity index (χ0) is 16.9. The predicted molar refractivity (Wildman–Crippen MR) is 101 cm³/mol. The molecule has 1 saturated heterocycles. The summed E-state index contributed by atoms with van der Waals surface area (Å²) in [5, 5.41) is 4.47. The fourth-order valence-electron chi connectivity index (χ4n) is 3.29. The van der Waals surface area contributed by atoms with Gasteiger partial charge in [0.1, 0.15) is 11.5 Å². The van der Waals surface area contributed by atoms with Gasteiger partial charge in [-0.3, -0.25) is 0 Å². The fourth-order valence-corrected chi connectivity index (χ4v) is 5.00. The van der Waals surface area contributed by atoms with Gasteiger partial charge in [0.15, 0.2) is 0 Å². The first-order valence-corrected chi connectivity index (χ1v) is 9.30. The van der Waals surface area contributed by atoms with Gasteiger partial charge >= 0.3 is 0 Å². The van der Waals surface area contributed by atoms with Crippen LogP contribution in [0.4, 0.5) is 0 Å². The van der Waals surface area contributed by atoms with Gasteiger partial charge < -0.3 is 14.8 Å². The van der Waals surface area contributed by atoms with Crippen LogP contribution >= 0.6 is 11.8 Å². The van der Waals surface area contributed by atoms with E-state index in [9.17, 15) is 0 Å². The molecule has 1 fully saturated rings. The smallest absolute Gasteiger partial charge is 0.118 e. The van der Waals surface area contributed by atoms with Gasteiger partial charge in [-0.05, 0) is 55.3 Å². The van der Waals surface area contributed by atoms with Crippen LogP contribution in [0.1, 0.15) is 34.5 Å². The van der Waals surface area contributed by atoms with Crippen molar-refractivity contribution in [1.82, 2.24) is 5.32 Å². The summed E-state index contributed by atoms with van der Waals surface area (Å²) in [5.41, 5.74) is 2.74. The Kier molecular flexibility index (Phi) is 5.69. The third-order valence-electron chi connectivity index (χ3n) is 4.72. The van der Waals surface area contributed by atoms with Gasteiger partial charge in [0.2, 0.25) is 0 Å². The first-order valence-electron chi connectivity index (χ1n) is 8.35. The minimum atomic E-state index is 0.446. The molecular formula is C20H25NO2S. The van der Waals surface area contributed by atoms with Gasteiger partial charge in [0, 0.05) is 16.5 Å². The Morgan fingerprint density at radius 3 is 1.88 bits per heavy atom. The monoisotopic (exact) mass is 343 g/mol. The van der Waals surface area contributed by atoms with Crippen LogP contribution in [0.5, 0.6) is 11.5 Å². The molecule has 1 aliphatic rings. The highest BCUT2D eigenvalue weighted by atomic mass is 32.2. The summed E-state index contributed by atoms with van der Waals surface area (Å²) in [5.74, 6) is 1.83. The molecule has 1 aliphatic heterocycles. The lowest BCUT2D eigenvalue weighted by Gasteiger charge is -2.36. The Balaban J connectivity index is 1.80. The second kappa shape index (κ2) is 7.95. The normalized spacial score (nSPS) is 23.7. The topological polar surface area (TPSA) is 30.5 Å². The summed E-state index contributed by atoms with van der Waals surface area (Å²) in [7, 11) is 5.48. The lowest BCUT2D eigenvalue weighted by Crippen LogP contribution is -2.34. The minimum Gasteiger partial charge on any atom is -0.497 e. The molecular weight excluding hydrogens is 318 g/mol. The van der Waals surface area contributed by atoms with Crippen LogP contribution < -0.4 is 14.8 Å². The van der Waals surface area contributed by atoms with Crippen LogP contribution in [0.25, 0.3) is 0 Å². The zero-order valence-electron chi connectivity index (χ0n) is 14.5. The number of benzene rings is 2. The lowest BCUT2D eigenvalue weighted by molar-refractivity contribution is 0.414. The number of ether oxygens (including phenoxy) is 2. The maximum Gasteiger partial charge on any atom is 0.118 e. The summed E-state index contributed by atoms with van der Waals surface area (Å²) in [6, 6.07) is 17.5. The number of likely N-dealkylation sites (N-methyl/N-ethyl adjacent to an activating group) is 1. The van der Waals surface area contributed by atoms with Crippen molar-refractivity contribution in [3.63, 3.8) is 0 Å². The van der Waals surface area contributed by atoms with Crippen molar-refractivity contribution in [3.8, 4) is 11.5 Å². The van der Waals surface area contributed by atoms with E-state index in [0.717, 1.165) is 11.5 Å². The quantitative estimate of drug-likeness (QED) is 0.859. The van der Waals surface area contributed by atoms with Gasteiger partial charge in [0.05, 0.1) is 14.2 Å². The van der Waals surface area contributed by atoms with Crippen molar-refractivity contribution < 1.29 is 9.47 Å². The summed E-state index contributed by atoms with van der Waals surface area (Å²) < 4.78 is 10.6. The van der Waals surface area contributed by atoms with Gasteiger partial charge in [-0.25, -0.2) is 0 Å². The fraction of sp³-hybridized carbons (Fsp3) is 0.400. The van der Waals surface area contributed by atoms with E-state index in [0.29, 0.717) is 16.5 Å². The molecule has 0 radical (unpaired) electrons. The number of thioether (sulfide) groups is 1. The molecule has 3 atom stereocenters. The Hall–Kier alpha value is -1.65. The van der Waals surface area contributed by atoms with E-state index in [2.05, 4.69) is 72.7 Å². The molecule has 2 aromatic carbocycles. The molecule has 1 heterocycles. The van der Waals surface area contributed by atoms with E-state index in [1.165, 1.54) is 24.0 Å². The van der Waals surface area contributed by atoms with Gasteiger partial charge in [-0.1, -0.05) is 24.3 Å². The Morgan fingerprint density at radius 2 is 1.38 bits per heavy atom. The number of hydrogen-bond acceptors (Lipinski definition) is 4. The van der Waals surface area contributed by atoms with Crippen LogP contribution in [0.3, 0.4) is 0 Å². The molecule has 2 aromatic rings. The van der Waals surface area contributed by atoms with Crippen LogP contribution in [-0.4, -0.2) is 27.3 Å². The molecule has 0 aliphatic carbocycles.